The predicted molar refractivity (Wildman–Crippen MR) is 112 cm³/mol. The van der Waals surface area contributed by atoms with Crippen LogP contribution in [0.25, 0.3) is 0 Å². The second-order valence-electron chi connectivity index (χ2n) is 9.73. The van der Waals surface area contributed by atoms with Crippen LogP contribution >= 0.6 is 11.6 Å². The molecule has 5 nitrogen and oxygen atoms in total. The summed E-state index contributed by atoms with van der Waals surface area (Å²) in [6.07, 6.45) is 7.46. The van der Waals surface area contributed by atoms with Gasteiger partial charge in [-0.2, -0.15) is 10.3 Å². The molecular formula is C22H38ClN3O2. The molecule has 1 saturated carbocycles. The summed E-state index contributed by atoms with van der Waals surface area (Å²) in [7, 11) is 0. The fraction of sp³-hybridized carbons (Fsp3) is 0.955. The lowest BCUT2D eigenvalue weighted by Gasteiger charge is -2.48. The Bertz CT molecular complexity index is 599. The molecule has 3 aliphatic rings. The third-order valence-corrected chi connectivity index (χ3v) is 8.28. The highest BCUT2D eigenvalue weighted by Crippen LogP contribution is 2.77. The van der Waals surface area contributed by atoms with Gasteiger partial charge in [0, 0.05) is 24.5 Å². The molecular weight excluding hydrogens is 374 g/mol. The van der Waals surface area contributed by atoms with Crippen LogP contribution in [0.15, 0.2) is 0 Å². The molecule has 6 heteroatoms. The van der Waals surface area contributed by atoms with Crippen LogP contribution in [0.4, 0.5) is 0 Å². The third-order valence-electron chi connectivity index (χ3n) is 7.31. The molecule has 0 aromatic heterocycles. The van der Waals surface area contributed by atoms with Crippen molar-refractivity contribution in [1.82, 2.24) is 9.96 Å². The molecule has 0 aromatic rings. The summed E-state index contributed by atoms with van der Waals surface area (Å²) in [5, 5.41) is 12.4. The van der Waals surface area contributed by atoms with Gasteiger partial charge in [0.1, 0.15) is 10.4 Å². The highest BCUT2D eigenvalue weighted by molar-refractivity contribution is 6.30. The Labute approximate surface area is 176 Å². The van der Waals surface area contributed by atoms with E-state index in [1.165, 1.54) is 32.1 Å². The van der Waals surface area contributed by atoms with E-state index in [1.807, 2.05) is 0 Å². The van der Waals surface area contributed by atoms with E-state index in [0.29, 0.717) is 13.2 Å². The van der Waals surface area contributed by atoms with Gasteiger partial charge in [0.15, 0.2) is 0 Å². The Morgan fingerprint density at radius 1 is 1.07 bits per heavy atom. The smallest absolute Gasteiger partial charge is 0.137 e. The van der Waals surface area contributed by atoms with E-state index in [4.69, 9.17) is 21.2 Å². The number of alkyl halides is 1. The molecule has 0 N–H and O–H groups in total. The number of ether oxygens (including phenoxy) is 1. The van der Waals surface area contributed by atoms with E-state index in [1.54, 1.807) is 0 Å². The first kappa shape index (κ1) is 22.3. The minimum atomic E-state index is -0.647. The number of fused-ring (bicyclic) bond motifs is 1. The lowest BCUT2D eigenvalue weighted by molar-refractivity contribution is -0.258. The van der Waals surface area contributed by atoms with Crippen LogP contribution in [0.5, 0.6) is 0 Å². The van der Waals surface area contributed by atoms with Gasteiger partial charge in [-0.3, -0.25) is 9.74 Å². The Morgan fingerprint density at radius 3 is 2.21 bits per heavy atom. The van der Waals surface area contributed by atoms with Crippen LogP contribution < -0.4 is 0 Å². The predicted octanol–water partition coefficient (Wildman–Crippen LogP) is 4.35. The number of rotatable bonds is 9. The molecule has 160 valence electrons. The number of halogens is 1. The van der Waals surface area contributed by atoms with Crippen LogP contribution in [0.3, 0.4) is 0 Å². The number of unbranched alkanes of at least 4 members (excludes halogenated alkanes) is 5. The fourth-order valence-corrected chi connectivity index (χ4v) is 6.86. The van der Waals surface area contributed by atoms with Crippen LogP contribution in [0.2, 0.25) is 0 Å². The van der Waals surface area contributed by atoms with Gasteiger partial charge in [0.25, 0.3) is 0 Å². The van der Waals surface area contributed by atoms with Crippen molar-refractivity contribution in [2.24, 2.45) is 5.92 Å². The molecule has 0 aromatic carbocycles. The van der Waals surface area contributed by atoms with Gasteiger partial charge in [-0.15, -0.1) is 11.6 Å². The topological polar surface area (TPSA) is 48.7 Å². The molecule has 0 spiro atoms. The number of piperidine rings is 1. The maximum atomic E-state index is 10.3. The van der Waals surface area contributed by atoms with E-state index in [2.05, 4.69) is 50.7 Å². The lowest BCUT2D eigenvalue weighted by atomic mass is 9.90. The number of nitrogens with zero attached hydrogens (tertiary/aromatic N) is 3. The fourth-order valence-electron chi connectivity index (χ4n) is 6.14. The Hall–Kier alpha value is -0.380. The number of nitriles is 1. The summed E-state index contributed by atoms with van der Waals surface area (Å²) >= 11 is 7.34. The molecule has 3 unspecified atom stereocenters. The molecule has 0 bridgehead atoms. The van der Waals surface area contributed by atoms with Crippen molar-refractivity contribution in [3.63, 3.8) is 0 Å². The van der Waals surface area contributed by atoms with Crippen molar-refractivity contribution < 1.29 is 9.57 Å². The SMILES string of the molecule is CCCCCCCCON1C(C)(C)C2C(C#N)(N3CCOCC3)C2(Cl)C1(C)C. The molecule has 3 fully saturated rings. The highest BCUT2D eigenvalue weighted by atomic mass is 35.5. The average molecular weight is 412 g/mol. The maximum Gasteiger partial charge on any atom is 0.137 e. The van der Waals surface area contributed by atoms with Crippen molar-refractivity contribution in [2.75, 3.05) is 32.9 Å². The molecule has 2 heterocycles. The minimum absolute atomic E-state index is 0.0387. The van der Waals surface area contributed by atoms with E-state index in [9.17, 15) is 5.26 Å². The second-order valence-corrected chi connectivity index (χ2v) is 10.3. The summed E-state index contributed by atoms with van der Waals surface area (Å²) in [6, 6.07) is 2.65. The monoisotopic (exact) mass is 411 g/mol. The largest absolute Gasteiger partial charge is 0.379 e. The Morgan fingerprint density at radius 2 is 1.68 bits per heavy atom. The van der Waals surface area contributed by atoms with Gasteiger partial charge in [0.2, 0.25) is 0 Å². The van der Waals surface area contributed by atoms with Gasteiger partial charge < -0.3 is 4.74 Å². The van der Waals surface area contributed by atoms with Crippen molar-refractivity contribution in [3.8, 4) is 6.07 Å². The van der Waals surface area contributed by atoms with Gasteiger partial charge in [0.05, 0.1) is 31.4 Å². The summed E-state index contributed by atoms with van der Waals surface area (Å²) in [5.41, 5.74) is -1.38. The summed E-state index contributed by atoms with van der Waals surface area (Å²) < 4.78 is 5.52. The maximum absolute atomic E-state index is 10.3. The van der Waals surface area contributed by atoms with E-state index < -0.39 is 16.0 Å². The summed E-state index contributed by atoms with van der Waals surface area (Å²) in [6.45, 7) is 14.5. The van der Waals surface area contributed by atoms with Gasteiger partial charge in [-0.05, 0) is 34.1 Å². The first-order valence-corrected chi connectivity index (χ1v) is 11.5. The summed E-state index contributed by atoms with van der Waals surface area (Å²) in [5.74, 6) is 0.0387. The second kappa shape index (κ2) is 8.04. The Kier molecular flexibility index (Phi) is 6.41. The quantitative estimate of drug-likeness (QED) is 0.417. The number of hydrogen-bond acceptors (Lipinski definition) is 5. The zero-order valence-electron chi connectivity index (χ0n) is 18.4. The van der Waals surface area contributed by atoms with Crippen LogP contribution in [-0.4, -0.2) is 64.4 Å². The molecule has 28 heavy (non-hydrogen) atoms. The average Bonchev–Trinajstić information content (AvgIpc) is 3.24. The zero-order chi connectivity index (χ0) is 20.6. The van der Waals surface area contributed by atoms with Gasteiger partial charge >= 0.3 is 0 Å². The van der Waals surface area contributed by atoms with Gasteiger partial charge in [-0.1, -0.05) is 39.0 Å². The van der Waals surface area contributed by atoms with Crippen LogP contribution in [0, 0.1) is 17.2 Å². The van der Waals surface area contributed by atoms with Crippen molar-refractivity contribution >= 4 is 11.6 Å². The molecule has 0 amide bonds. The van der Waals surface area contributed by atoms with E-state index in [-0.39, 0.29) is 11.5 Å². The molecule has 2 aliphatic heterocycles. The zero-order valence-corrected chi connectivity index (χ0v) is 19.1. The van der Waals surface area contributed by atoms with E-state index in [0.717, 1.165) is 26.1 Å². The number of hydrogen-bond donors (Lipinski definition) is 0. The molecule has 1 aliphatic carbocycles. The van der Waals surface area contributed by atoms with Crippen molar-refractivity contribution in [1.29, 1.82) is 5.26 Å². The molecule has 3 atom stereocenters. The van der Waals surface area contributed by atoms with E-state index >= 15 is 0 Å². The van der Waals surface area contributed by atoms with Crippen molar-refractivity contribution in [2.45, 2.75) is 94.6 Å². The molecule has 3 rings (SSSR count). The highest BCUT2D eigenvalue weighted by Gasteiger charge is 2.93. The van der Waals surface area contributed by atoms with Crippen LogP contribution in [-0.2, 0) is 9.57 Å². The first-order valence-electron chi connectivity index (χ1n) is 11.1. The van der Waals surface area contributed by atoms with Crippen LogP contribution in [0.1, 0.15) is 73.1 Å². The van der Waals surface area contributed by atoms with Gasteiger partial charge in [-0.25, -0.2) is 0 Å². The Balaban J connectivity index is 1.68. The number of morpholine rings is 1. The standard InChI is InChI=1S/C22H38ClN3O2/c1-6-7-8-9-10-11-14-28-26-19(2,3)18-21(17-24,22(18,23)20(26,4)5)25-12-15-27-16-13-25/h18H,6-16H2,1-5H3. The third kappa shape index (κ3) is 3.03. The molecule has 0 radical (unpaired) electrons. The normalized spacial score (nSPS) is 36.8. The lowest BCUT2D eigenvalue weighted by Crippen LogP contribution is -2.63. The number of hydroxylamine groups is 2. The minimum Gasteiger partial charge on any atom is -0.379 e. The first-order chi connectivity index (χ1) is 13.2. The molecule has 2 saturated heterocycles. The summed E-state index contributed by atoms with van der Waals surface area (Å²) in [4.78, 5) is 7.95. The van der Waals surface area contributed by atoms with Crippen molar-refractivity contribution in [3.05, 3.63) is 0 Å².